The van der Waals surface area contributed by atoms with Crippen molar-refractivity contribution in [2.24, 2.45) is 5.92 Å². The molecule has 2 aromatic carbocycles. The van der Waals surface area contributed by atoms with Gasteiger partial charge in [-0.2, -0.15) is 0 Å². The molecule has 31 heavy (non-hydrogen) atoms. The molecule has 3 aliphatic rings. The van der Waals surface area contributed by atoms with E-state index in [0.717, 1.165) is 5.56 Å². The van der Waals surface area contributed by atoms with Crippen molar-refractivity contribution in [3.63, 3.8) is 0 Å². The molecule has 2 aromatic rings. The van der Waals surface area contributed by atoms with Gasteiger partial charge < -0.3 is 19.8 Å². The van der Waals surface area contributed by atoms with Crippen molar-refractivity contribution in [2.75, 3.05) is 0 Å². The van der Waals surface area contributed by atoms with Crippen LogP contribution in [0.25, 0.3) is 5.57 Å². The Bertz CT molecular complexity index is 1230. The average molecular weight is 419 g/mol. The predicted molar refractivity (Wildman–Crippen MR) is 110 cm³/mol. The van der Waals surface area contributed by atoms with Gasteiger partial charge in [-0.3, -0.25) is 9.59 Å². The highest BCUT2D eigenvalue weighted by Gasteiger charge is 2.54. The van der Waals surface area contributed by atoms with E-state index < -0.39 is 29.8 Å². The zero-order chi connectivity index (χ0) is 22.2. The Hall–Kier alpha value is -3.61. The van der Waals surface area contributed by atoms with Crippen molar-refractivity contribution in [2.45, 2.75) is 39.5 Å². The Morgan fingerprint density at radius 2 is 1.81 bits per heavy atom. The summed E-state index contributed by atoms with van der Waals surface area (Å²) >= 11 is 0. The number of hydrogen-bond donors (Lipinski definition) is 2. The molecule has 1 fully saturated rings. The van der Waals surface area contributed by atoms with E-state index in [4.69, 9.17) is 4.74 Å². The number of fused-ring (bicyclic) bond motifs is 6. The molecule has 7 heteroatoms. The highest BCUT2D eigenvalue weighted by Crippen LogP contribution is 2.52. The summed E-state index contributed by atoms with van der Waals surface area (Å²) in [5.74, 6) is -2.14. The second-order valence-corrected chi connectivity index (χ2v) is 8.36. The monoisotopic (exact) mass is 419 g/mol. The predicted octanol–water partition coefficient (Wildman–Crippen LogP) is 3.48. The lowest BCUT2D eigenvalue weighted by Gasteiger charge is -2.39. The summed E-state index contributed by atoms with van der Waals surface area (Å²) in [6.07, 6.45) is -0.281. The smallest absolute Gasteiger partial charge is 0.331 e. The van der Waals surface area contributed by atoms with Crippen LogP contribution in [0.2, 0.25) is 0 Å². The van der Waals surface area contributed by atoms with Gasteiger partial charge in [0, 0.05) is 16.7 Å². The van der Waals surface area contributed by atoms with E-state index in [2.05, 4.69) is 0 Å². The fraction of sp³-hybridized carbons (Fsp3) is 0.292. The summed E-state index contributed by atoms with van der Waals surface area (Å²) in [5.41, 5.74) is 1.41. The van der Waals surface area contributed by atoms with Crippen LogP contribution in [-0.2, 0) is 9.53 Å². The van der Waals surface area contributed by atoms with Gasteiger partial charge in [0.2, 0.25) is 12.0 Å². The number of carbonyl (C=O) groups excluding carboxylic acids is 3. The highest BCUT2D eigenvalue weighted by atomic mass is 16.6. The Morgan fingerprint density at radius 3 is 2.52 bits per heavy atom. The number of ketones is 2. The van der Waals surface area contributed by atoms with Crippen LogP contribution >= 0.6 is 0 Å². The number of carbonyl (C=O) groups is 3. The minimum atomic E-state index is -0.935. The van der Waals surface area contributed by atoms with E-state index in [-0.39, 0.29) is 45.4 Å². The first kappa shape index (κ1) is 19.4. The van der Waals surface area contributed by atoms with Crippen LogP contribution in [0.1, 0.15) is 63.9 Å². The van der Waals surface area contributed by atoms with Gasteiger partial charge in [-0.05, 0) is 36.6 Å². The highest BCUT2D eigenvalue weighted by molar-refractivity contribution is 6.41. The summed E-state index contributed by atoms with van der Waals surface area (Å²) in [7, 11) is 0. The molecule has 2 aliphatic heterocycles. The van der Waals surface area contributed by atoms with E-state index in [9.17, 15) is 24.6 Å². The molecule has 3 unspecified atom stereocenters. The first-order valence-electron chi connectivity index (χ1n) is 10.2. The maximum absolute atomic E-state index is 13.7. The van der Waals surface area contributed by atoms with Gasteiger partial charge in [0.1, 0.15) is 23.2 Å². The Labute approximate surface area is 178 Å². The quantitative estimate of drug-likeness (QED) is 0.718. The summed E-state index contributed by atoms with van der Waals surface area (Å²) < 4.78 is 5.70. The molecule has 3 atom stereocenters. The lowest BCUT2D eigenvalue weighted by atomic mass is 9.77. The SMILES string of the molecule is CCC(C)C1C(=O)OC2c3cc(C)cc(O)c3C3=C(C(=O)c4c(O)cccc4C3=O)N21. The normalized spacial score (nSPS) is 22.5. The Morgan fingerprint density at radius 1 is 1.06 bits per heavy atom. The molecule has 0 amide bonds. The molecular weight excluding hydrogens is 398 g/mol. The summed E-state index contributed by atoms with van der Waals surface area (Å²) in [6, 6.07) is 6.84. The van der Waals surface area contributed by atoms with E-state index in [1.807, 2.05) is 13.8 Å². The van der Waals surface area contributed by atoms with Gasteiger partial charge in [-0.15, -0.1) is 0 Å². The third-order valence-electron chi connectivity index (χ3n) is 6.46. The van der Waals surface area contributed by atoms with E-state index >= 15 is 0 Å². The van der Waals surface area contributed by atoms with Crippen LogP contribution in [0.4, 0.5) is 0 Å². The number of hydrogen-bond acceptors (Lipinski definition) is 7. The molecule has 1 aliphatic carbocycles. The molecule has 0 bridgehead atoms. The minimum absolute atomic E-state index is 0.00759. The molecule has 0 spiro atoms. The second-order valence-electron chi connectivity index (χ2n) is 8.36. The van der Waals surface area contributed by atoms with Crippen LogP contribution in [0.15, 0.2) is 36.0 Å². The number of aromatic hydroxyl groups is 2. The maximum Gasteiger partial charge on any atom is 0.331 e. The minimum Gasteiger partial charge on any atom is -0.507 e. The molecule has 1 saturated heterocycles. The molecule has 0 radical (unpaired) electrons. The van der Waals surface area contributed by atoms with E-state index in [0.29, 0.717) is 12.0 Å². The summed E-state index contributed by atoms with van der Waals surface area (Å²) in [6.45, 7) is 5.61. The number of ether oxygens (including phenoxy) is 1. The van der Waals surface area contributed by atoms with E-state index in [1.165, 1.54) is 24.3 Å². The zero-order valence-electron chi connectivity index (χ0n) is 17.3. The van der Waals surface area contributed by atoms with Crippen molar-refractivity contribution in [1.29, 1.82) is 0 Å². The first-order valence-corrected chi connectivity index (χ1v) is 10.2. The first-order chi connectivity index (χ1) is 14.8. The molecule has 2 N–H and O–H groups in total. The second kappa shape index (κ2) is 6.44. The van der Waals surface area contributed by atoms with Crippen molar-refractivity contribution < 1.29 is 29.3 Å². The number of allylic oxidation sites excluding steroid dienone is 2. The van der Waals surface area contributed by atoms with E-state index in [1.54, 1.807) is 17.9 Å². The molecule has 158 valence electrons. The largest absolute Gasteiger partial charge is 0.507 e. The topological polar surface area (TPSA) is 104 Å². The lowest BCUT2D eigenvalue weighted by Crippen LogP contribution is -2.45. The van der Waals surface area contributed by atoms with Crippen molar-refractivity contribution in [1.82, 2.24) is 4.90 Å². The van der Waals surface area contributed by atoms with Crippen molar-refractivity contribution in [3.8, 4) is 11.5 Å². The molecule has 2 heterocycles. The third-order valence-corrected chi connectivity index (χ3v) is 6.46. The number of phenolic OH excluding ortho intramolecular Hbond substituents is 2. The van der Waals surface area contributed by atoms with Crippen LogP contribution in [0, 0.1) is 12.8 Å². The molecule has 0 aromatic heterocycles. The van der Waals surface area contributed by atoms with Gasteiger partial charge >= 0.3 is 5.97 Å². The van der Waals surface area contributed by atoms with Gasteiger partial charge in [0.25, 0.3) is 0 Å². The molecule has 0 saturated carbocycles. The number of benzene rings is 2. The van der Waals surface area contributed by atoms with Gasteiger partial charge in [0.15, 0.2) is 5.78 Å². The van der Waals surface area contributed by atoms with Crippen molar-refractivity contribution >= 4 is 23.1 Å². The van der Waals surface area contributed by atoms with Gasteiger partial charge in [0.05, 0.1) is 11.1 Å². The number of nitrogens with zero attached hydrogens (tertiary/aromatic N) is 1. The fourth-order valence-electron chi connectivity index (χ4n) is 4.88. The maximum atomic E-state index is 13.7. The lowest BCUT2D eigenvalue weighted by molar-refractivity contribution is -0.143. The molecular formula is C24H21NO6. The Balaban J connectivity index is 1.87. The Kier molecular flexibility index (Phi) is 4.02. The van der Waals surface area contributed by atoms with Crippen molar-refractivity contribution in [3.05, 3.63) is 63.8 Å². The number of aryl methyl sites for hydroxylation is 1. The fourth-order valence-corrected chi connectivity index (χ4v) is 4.88. The standard InChI is InChI=1S/C24H21NO6/c1-4-11(3)19-24(30)31-23-13-8-10(2)9-15(27)16(13)18-20(25(19)23)22(29)17-12(21(18)28)6-5-7-14(17)26/h5-9,11,19,23,26-27H,4H2,1-3H3. The number of Topliss-reactive ketones (excluding diaryl/α,β-unsaturated/α-hetero) is 2. The summed E-state index contributed by atoms with van der Waals surface area (Å²) in [4.78, 5) is 41.7. The van der Waals surface area contributed by atoms with Gasteiger partial charge in [-0.1, -0.05) is 32.4 Å². The zero-order valence-corrected chi connectivity index (χ0v) is 17.3. The third kappa shape index (κ3) is 2.43. The van der Waals surface area contributed by atoms with Crippen LogP contribution < -0.4 is 0 Å². The number of phenols is 2. The number of rotatable bonds is 2. The molecule has 7 nitrogen and oxygen atoms in total. The van der Waals surface area contributed by atoms with Gasteiger partial charge in [-0.25, -0.2) is 4.79 Å². The van der Waals surface area contributed by atoms with Crippen LogP contribution in [-0.4, -0.2) is 38.7 Å². The van der Waals surface area contributed by atoms with Crippen LogP contribution in [0.5, 0.6) is 11.5 Å². The molecule has 5 rings (SSSR count). The average Bonchev–Trinajstić information content (AvgIpc) is 3.07. The van der Waals surface area contributed by atoms with Crippen LogP contribution in [0.3, 0.4) is 0 Å². The number of esters is 1. The summed E-state index contributed by atoms with van der Waals surface area (Å²) in [5, 5.41) is 21.2.